The predicted molar refractivity (Wildman–Crippen MR) is 109 cm³/mol. The molecule has 1 fully saturated rings. The molecule has 0 spiro atoms. The molecule has 1 amide bonds. The smallest absolute Gasteiger partial charge is 0.246 e. The van der Waals surface area contributed by atoms with Crippen LogP contribution in [-0.2, 0) is 4.79 Å². The molecule has 3 rings (SSSR count). The van der Waals surface area contributed by atoms with Crippen molar-refractivity contribution in [2.24, 2.45) is 5.92 Å². The highest BCUT2D eigenvalue weighted by atomic mass is 32.1. The van der Waals surface area contributed by atoms with Crippen LogP contribution < -0.4 is 4.74 Å². The highest BCUT2D eigenvalue weighted by Gasteiger charge is 2.28. The van der Waals surface area contributed by atoms with Gasteiger partial charge in [-0.15, -0.1) is 11.3 Å². The third-order valence-corrected chi connectivity index (χ3v) is 5.37. The average molecular weight is 384 g/mol. The number of rotatable bonds is 6. The van der Waals surface area contributed by atoms with Gasteiger partial charge in [0.15, 0.2) is 5.78 Å². The Bertz CT molecular complexity index is 811. The van der Waals surface area contributed by atoms with Crippen LogP contribution in [0.2, 0.25) is 0 Å². The van der Waals surface area contributed by atoms with E-state index in [2.05, 4.69) is 0 Å². The Balaban J connectivity index is 1.65. The van der Waals surface area contributed by atoms with Crippen molar-refractivity contribution in [2.75, 3.05) is 13.1 Å². The van der Waals surface area contributed by atoms with E-state index in [-0.39, 0.29) is 23.7 Å². The molecule has 1 aliphatic rings. The fraction of sp³-hybridized carbons (Fsp3) is 0.364. The average Bonchev–Trinajstić information content (AvgIpc) is 3.19. The first-order chi connectivity index (χ1) is 13.0. The highest BCUT2D eigenvalue weighted by molar-refractivity contribution is 7.10. The molecule has 0 N–H and O–H groups in total. The molecule has 1 atom stereocenters. The molecule has 0 saturated carbocycles. The first-order valence-corrected chi connectivity index (χ1v) is 10.2. The number of hydrogen-bond acceptors (Lipinski definition) is 4. The van der Waals surface area contributed by atoms with Gasteiger partial charge in [-0.25, -0.2) is 0 Å². The first kappa shape index (κ1) is 19.4. The number of ether oxygens (including phenoxy) is 1. The number of nitrogens with zero attached hydrogens (tertiary/aromatic N) is 1. The third kappa shape index (κ3) is 5.30. The minimum atomic E-state index is -0.160. The van der Waals surface area contributed by atoms with Crippen molar-refractivity contribution in [3.05, 3.63) is 58.3 Å². The molecule has 0 aliphatic carbocycles. The summed E-state index contributed by atoms with van der Waals surface area (Å²) in [4.78, 5) is 28.3. The molecular weight excluding hydrogens is 358 g/mol. The topological polar surface area (TPSA) is 46.6 Å². The third-order valence-electron chi connectivity index (χ3n) is 4.53. The lowest BCUT2D eigenvalue weighted by Crippen LogP contribution is -2.41. The van der Waals surface area contributed by atoms with Crippen LogP contribution in [0, 0.1) is 5.92 Å². The van der Waals surface area contributed by atoms with Crippen molar-refractivity contribution >= 4 is 29.1 Å². The lowest BCUT2D eigenvalue weighted by atomic mass is 9.90. The predicted octanol–water partition coefficient (Wildman–Crippen LogP) is 4.67. The number of ketones is 1. The molecule has 4 nitrogen and oxygen atoms in total. The quantitative estimate of drug-likeness (QED) is 0.538. The van der Waals surface area contributed by atoms with Gasteiger partial charge in [0, 0.05) is 35.5 Å². The molecule has 2 aromatic rings. The SMILES string of the molecule is CC(C)Oc1cccc(C(=O)C2CCCN(C(=O)/C=C/c3cccs3)C2)c1. The van der Waals surface area contributed by atoms with Gasteiger partial charge < -0.3 is 9.64 Å². The lowest BCUT2D eigenvalue weighted by Gasteiger charge is -2.31. The van der Waals surface area contributed by atoms with Crippen molar-refractivity contribution in [1.82, 2.24) is 4.90 Å². The molecule has 5 heteroatoms. The lowest BCUT2D eigenvalue weighted by molar-refractivity contribution is -0.127. The summed E-state index contributed by atoms with van der Waals surface area (Å²) < 4.78 is 5.69. The Labute approximate surface area is 164 Å². The minimum Gasteiger partial charge on any atom is -0.491 e. The zero-order valence-electron chi connectivity index (χ0n) is 15.8. The summed E-state index contributed by atoms with van der Waals surface area (Å²) in [5.74, 6) is 0.604. The van der Waals surface area contributed by atoms with Gasteiger partial charge in [0.2, 0.25) is 5.91 Å². The molecule has 1 unspecified atom stereocenters. The Morgan fingerprint density at radius 1 is 1.26 bits per heavy atom. The van der Waals surface area contributed by atoms with Gasteiger partial charge in [0.05, 0.1) is 6.10 Å². The van der Waals surface area contributed by atoms with Crippen molar-refractivity contribution < 1.29 is 14.3 Å². The van der Waals surface area contributed by atoms with Crippen LogP contribution in [0.5, 0.6) is 5.75 Å². The van der Waals surface area contributed by atoms with E-state index < -0.39 is 0 Å². The number of carbonyl (C=O) groups excluding carboxylic acids is 2. The van der Waals surface area contributed by atoms with Gasteiger partial charge in [-0.3, -0.25) is 9.59 Å². The Morgan fingerprint density at radius 3 is 2.85 bits per heavy atom. The molecule has 142 valence electrons. The Kier molecular flexibility index (Phi) is 6.45. The van der Waals surface area contributed by atoms with Crippen LogP contribution in [-0.4, -0.2) is 35.8 Å². The second kappa shape index (κ2) is 9.00. The Hall–Kier alpha value is -2.40. The number of Topliss-reactive ketones (excluding diaryl/α,β-unsaturated/α-hetero) is 1. The van der Waals surface area contributed by atoms with Crippen LogP contribution in [0.3, 0.4) is 0 Å². The summed E-state index contributed by atoms with van der Waals surface area (Å²) in [5, 5.41) is 1.98. The second-order valence-corrected chi connectivity index (χ2v) is 8.01. The van der Waals surface area contributed by atoms with Gasteiger partial charge in [0.1, 0.15) is 5.75 Å². The zero-order chi connectivity index (χ0) is 19.2. The second-order valence-electron chi connectivity index (χ2n) is 7.03. The fourth-order valence-electron chi connectivity index (χ4n) is 3.27. The molecule has 0 radical (unpaired) electrons. The summed E-state index contributed by atoms with van der Waals surface area (Å²) in [6, 6.07) is 11.3. The monoisotopic (exact) mass is 383 g/mol. The van der Waals surface area contributed by atoms with Crippen molar-refractivity contribution in [1.29, 1.82) is 0 Å². The number of benzene rings is 1. The normalized spacial score (nSPS) is 17.4. The first-order valence-electron chi connectivity index (χ1n) is 9.34. The van der Waals surface area contributed by atoms with Crippen LogP contribution in [0.15, 0.2) is 47.9 Å². The van der Waals surface area contributed by atoms with Gasteiger partial charge in [-0.05, 0) is 56.3 Å². The molecular formula is C22H25NO3S. The molecule has 0 bridgehead atoms. The number of amides is 1. The number of thiophene rings is 1. The summed E-state index contributed by atoms with van der Waals surface area (Å²) in [7, 11) is 0. The standard InChI is InChI=1S/C22H25NO3S/c1-16(2)26-19-8-3-6-17(14-19)22(25)18-7-4-12-23(15-18)21(24)11-10-20-9-5-13-27-20/h3,5-6,8-11,13-14,16,18H,4,7,12,15H2,1-2H3/b11-10+. The minimum absolute atomic E-state index is 0.0298. The Morgan fingerprint density at radius 2 is 2.11 bits per heavy atom. The van der Waals surface area contributed by atoms with Gasteiger partial charge in [-0.2, -0.15) is 0 Å². The molecule has 1 aromatic heterocycles. The maximum atomic E-state index is 12.9. The van der Waals surface area contributed by atoms with E-state index in [1.165, 1.54) is 0 Å². The molecule has 1 aliphatic heterocycles. The number of piperidine rings is 1. The van der Waals surface area contributed by atoms with Crippen molar-refractivity contribution in [2.45, 2.75) is 32.8 Å². The summed E-state index contributed by atoms with van der Waals surface area (Å²) in [5.41, 5.74) is 0.654. The number of hydrogen-bond donors (Lipinski definition) is 0. The number of likely N-dealkylation sites (tertiary alicyclic amines) is 1. The van der Waals surface area contributed by atoms with E-state index in [0.717, 1.165) is 17.7 Å². The van der Waals surface area contributed by atoms with E-state index in [1.807, 2.05) is 55.6 Å². The van der Waals surface area contributed by atoms with E-state index in [0.29, 0.717) is 24.4 Å². The van der Waals surface area contributed by atoms with E-state index in [9.17, 15) is 9.59 Å². The van der Waals surface area contributed by atoms with Crippen LogP contribution in [0.25, 0.3) is 6.08 Å². The maximum Gasteiger partial charge on any atom is 0.246 e. The van der Waals surface area contributed by atoms with Crippen LogP contribution in [0.4, 0.5) is 0 Å². The van der Waals surface area contributed by atoms with Crippen LogP contribution in [0.1, 0.15) is 41.9 Å². The molecule has 1 aromatic carbocycles. The highest BCUT2D eigenvalue weighted by Crippen LogP contribution is 2.24. The summed E-state index contributed by atoms with van der Waals surface area (Å²) in [6.45, 7) is 5.10. The van der Waals surface area contributed by atoms with Crippen LogP contribution >= 0.6 is 11.3 Å². The van der Waals surface area contributed by atoms with Gasteiger partial charge in [0.25, 0.3) is 0 Å². The number of carbonyl (C=O) groups is 2. The fourth-order valence-corrected chi connectivity index (χ4v) is 3.88. The van der Waals surface area contributed by atoms with Gasteiger partial charge >= 0.3 is 0 Å². The van der Waals surface area contributed by atoms with E-state index in [4.69, 9.17) is 4.74 Å². The van der Waals surface area contributed by atoms with Crippen molar-refractivity contribution in [3.63, 3.8) is 0 Å². The van der Waals surface area contributed by atoms with Gasteiger partial charge in [-0.1, -0.05) is 18.2 Å². The van der Waals surface area contributed by atoms with E-state index >= 15 is 0 Å². The summed E-state index contributed by atoms with van der Waals surface area (Å²) >= 11 is 1.60. The zero-order valence-corrected chi connectivity index (χ0v) is 16.6. The molecule has 27 heavy (non-hydrogen) atoms. The maximum absolute atomic E-state index is 12.9. The van der Waals surface area contributed by atoms with E-state index in [1.54, 1.807) is 28.4 Å². The molecule has 2 heterocycles. The largest absolute Gasteiger partial charge is 0.491 e. The molecule has 1 saturated heterocycles. The summed E-state index contributed by atoms with van der Waals surface area (Å²) in [6.07, 6.45) is 5.17. The van der Waals surface area contributed by atoms with Crippen molar-refractivity contribution in [3.8, 4) is 5.75 Å².